The fourth-order valence-electron chi connectivity index (χ4n) is 2.59. The topological polar surface area (TPSA) is 71.3 Å². The van der Waals surface area contributed by atoms with Crippen LogP contribution >= 0.6 is 0 Å². The summed E-state index contributed by atoms with van der Waals surface area (Å²) in [6.45, 7) is 9.12. The molecule has 0 aromatic heterocycles. The third-order valence-corrected chi connectivity index (χ3v) is 4.18. The minimum absolute atomic E-state index is 0.173. The van der Waals surface area contributed by atoms with Gasteiger partial charge in [-0.2, -0.15) is 5.26 Å². The number of hydrogen-bond acceptors (Lipinski definition) is 4. The Bertz CT molecular complexity index is 610. The summed E-state index contributed by atoms with van der Waals surface area (Å²) in [5, 5.41) is 12.2. The zero-order valence-electron chi connectivity index (χ0n) is 16.6. The molecule has 1 amide bonds. The molecule has 0 heterocycles. The molecule has 0 unspecified atom stereocenters. The molecule has 0 aliphatic heterocycles. The van der Waals surface area contributed by atoms with Gasteiger partial charge in [-0.25, -0.2) is 0 Å². The first kappa shape index (κ1) is 22.0. The molecular weight excluding hydrogens is 328 g/mol. The van der Waals surface area contributed by atoms with Crippen molar-refractivity contribution in [3.8, 4) is 11.8 Å². The zero-order chi connectivity index (χ0) is 19.4. The Balaban J connectivity index is 2.88. The number of nitrogens with one attached hydrogen (secondary N) is 1. The molecule has 1 rings (SSSR count). The Morgan fingerprint density at radius 1 is 1.15 bits per heavy atom. The molecule has 5 heteroatoms. The summed E-state index contributed by atoms with van der Waals surface area (Å²) in [7, 11) is 0. The van der Waals surface area contributed by atoms with E-state index >= 15 is 0 Å². The average molecular weight is 360 g/mol. The number of hydrogen-bond donors (Lipinski definition) is 1. The summed E-state index contributed by atoms with van der Waals surface area (Å²) in [6, 6.07) is 7.26. The molecule has 0 aliphatic carbocycles. The maximum Gasteiger partial charge on any atom is 0.256 e. The summed E-state index contributed by atoms with van der Waals surface area (Å²) in [5.74, 6) is 0.369. The monoisotopic (exact) mass is 360 g/mol. The van der Waals surface area contributed by atoms with Crippen molar-refractivity contribution >= 4 is 11.6 Å². The highest BCUT2D eigenvalue weighted by atomic mass is 16.5. The third-order valence-electron chi connectivity index (χ3n) is 4.18. The fraction of sp³-hybridized carbons (Fsp3) is 0.619. The Morgan fingerprint density at radius 3 is 2.50 bits per heavy atom. The molecule has 1 N–H and O–H groups in total. The van der Waals surface area contributed by atoms with Crippen molar-refractivity contribution in [1.82, 2.24) is 0 Å². The van der Waals surface area contributed by atoms with Crippen LogP contribution in [0.15, 0.2) is 18.2 Å². The third kappa shape index (κ3) is 6.68. The predicted octanol–water partition coefficient (Wildman–Crippen LogP) is 5.05. The molecule has 1 atom stereocenters. The number of anilines is 1. The van der Waals surface area contributed by atoms with Gasteiger partial charge in [0.15, 0.2) is 0 Å². The van der Waals surface area contributed by atoms with Gasteiger partial charge in [0.25, 0.3) is 5.91 Å². The van der Waals surface area contributed by atoms with Crippen LogP contribution in [0.5, 0.6) is 5.75 Å². The molecule has 0 saturated carbocycles. The largest absolute Gasteiger partial charge is 0.492 e. The van der Waals surface area contributed by atoms with E-state index in [-0.39, 0.29) is 5.91 Å². The van der Waals surface area contributed by atoms with Gasteiger partial charge in [0, 0.05) is 12.3 Å². The first-order valence-corrected chi connectivity index (χ1v) is 9.63. The van der Waals surface area contributed by atoms with Gasteiger partial charge in [-0.1, -0.05) is 40.0 Å². The average Bonchev–Trinajstić information content (AvgIpc) is 2.65. The second-order valence-electron chi connectivity index (χ2n) is 6.66. The van der Waals surface area contributed by atoms with Gasteiger partial charge in [-0.3, -0.25) is 4.79 Å². The molecule has 1 aromatic carbocycles. The summed E-state index contributed by atoms with van der Waals surface area (Å²) in [4.78, 5) is 12.8. The second-order valence-corrected chi connectivity index (χ2v) is 6.66. The summed E-state index contributed by atoms with van der Waals surface area (Å²) in [6.07, 6.45) is 5.51. The smallest absolute Gasteiger partial charge is 0.256 e. The molecule has 1 aromatic rings. The van der Waals surface area contributed by atoms with Gasteiger partial charge < -0.3 is 14.8 Å². The van der Waals surface area contributed by atoms with Crippen LogP contribution in [0.2, 0.25) is 0 Å². The van der Waals surface area contributed by atoms with E-state index in [0.29, 0.717) is 36.6 Å². The van der Waals surface area contributed by atoms with Gasteiger partial charge in [0.2, 0.25) is 0 Å². The molecule has 0 saturated heterocycles. The van der Waals surface area contributed by atoms with E-state index in [1.54, 1.807) is 18.2 Å². The van der Waals surface area contributed by atoms with E-state index in [0.717, 1.165) is 32.1 Å². The lowest BCUT2D eigenvalue weighted by Crippen LogP contribution is -2.43. The highest BCUT2D eigenvalue weighted by Gasteiger charge is 2.33. The molecule has 0 spiro atoms. The SMILES string of the molecule is CCCCC[C@@](C)(OCCC)C(=O)Nc1ccc(OCCC)c(C#N)c1. The van der Waals surface area contributed by atoms with Gasteiger partial charge in [-0.05, 0) is 44.4 Å². The number of ether oxygens (including phenoxy) is 2. The fourth-order valence-corrected chi connectivity index (χ4v) is 2.59. The summed E-state index contributed by atoms with van der Waals surface area (Å²) >= 11 is 0. The van der Waals surface area contributed by atoms with E-state index < -0.39 is 5.60 Å². The van der Waals surface area contributed by atoms with Crippen molar-refractivity contribution in [3.05, 3.63) is 23.8 Å². The standard InChI is InChI=1S/C21H32N2O3/c1-5-8-9-12-21(4,26-14-7-3)20(24)23-18-10-11-19(25-13-6-2)17(15-18)16-22/h10-11,15H,5-9,12-14H2,1-4H3,(H,23,24)/t21-/m1/s1. The van der Waals surface area contributed by atoms with Gasteiger partial charge in [0.1, 0.15) is 17.4 Å². The summed E-state index contributed by atoms with van der Waals surface area (Å²) < 4.78 is 11.5. The molecule has 0 bridgehead atoms. The number of carbonyl (C=O) groups excluding carboxylic acids is 1. The maximum atomic E-state index is 12.8. The lowest BCUT2D eigenvalue weighted by molar-refractivity contribution is -0.140. The van der Waals surface area contributed by atoms with Crippen molar-refractivity contribution in [1.29, 1.82) is 5.26 Å². The van der Waals surface area contributed by atoms with Gasteiger partial charge in [-0.15, -0.1) is 0 Å². The van der Waals surface area contributed by atoms with E-state index in [1.165, 1.54) is 0 Å². The number of unbranched alkanes of at least 4 members (excludes halogenated alkanes) is 2. The molecule has 0 radical (unpaired) electrons. The number of rotatable bonds is 12. The predicted molar refractivity (Wildman–Crippen MR) is 104 cm³/mol. The van der Waals surface area contributed by atoms with E-state index in [4.69, 9.17) is 9.47 Å². The number of amides is 1. The van der Waals surface area contributed by atoms with Crippen molar-refractivity contribution in [2.24, 2.45) is 0 Å². The van der Waals surface area contributed by atoms with Crippen molar-refractivity contribution < 1.29 is 14.3 Å². The Morgan fingerprint density at radius 2 is 1.88 bits per heavy atom. The van der Waals surface area contributed by atoms with Crippen LogP contribution in [-0.2, 0) is 9.53 Å². The lowest BCUT2D eigenvalue weighted by atomic mass is 9.96. The van der Waals surface area contributed by atoms with Crippen LogP contribution in [0.4, 0.5) is 5.69 Å². The van der Waals surface area contributed by atoms with Crippen LogP contribution < -0.4 is 10.1 Å². The van der Waals surface area contributed by atoms with Crippen LogP contribution in [0.25, 0.3) is 0 Å². The number of nitriles is 1. The quantitative estimate of drug-likeness (QED) is 0.529. The zero-order valence-corrected chi connectivity index (χ0v) is 16.6. The van der Waals surface area contributed by atoms with E-state index in [1.807, 2.05) is 20.8 Å². The molecule has 0 fully saturated rings. The van der Waals surface area contributed by atoms with E-state index in [2.05, 4.69) is 18.3 Å². The van der Waals surface area contributed by atoms with Crippen LogP contribution in [-0.4, -0.2) is 24.7 Å². The molecular formula is C21H32N2O3. The van der Waals surface area contributed by atoms with E-state index in [9.17, 15) is 10.1 Å². The highest BCUT2D eigenvalue weighted by molar-refractivity contribution is 5.97. The van der Waals surface area contributed by atoms with Crippen LogP contribution in [0, 0.1) is 11.3 Å². The molecule has 5 nitrogen and oxygen atoms in total. The first-order chi connectivity index (χ1) is 12.5. The van der Waals surface area contributed by atoms with Crippen molar-refractivity contribution in [2.45, 2.75) is 71.8 Å². The normalized spacial score (nSPS) is 12.9. The van der Waals surface area contributed by atoms with Crippen molar-refractivity contribution in [2.75, 3.05) is 18.5 Å². The van der Waals surface area contributed by atoms with Crippen LogP contribution in [0.1, 0.15) is 71.8 Å². The molecule has 144 valence electrons. The lowest BCUT2D eigenvalue weighted by Gasteiger charge is -2.29. The molecule has 26 heavy (non-hydrogen) atoms. The Hall–Kier alpha value is -2.06. The minimum atomic E-state index is -0.866. The van der Waals surface area contributed by atoms with Crippen molar-refractivity contribution in [3.63, 3.8) is 0 Å². The second kappa shape index (κ2) is 11.5. The van der Waals surface area contributed by atoms with Gasteiger partial charge >= 0.3 is 0 Å². The van der Waals surface area contributed by atoms with Gasteiger partial charge in [0.05, 0.1) is 12.2 Å². The van der Waals surface area contributed by atoms with Crippen LogP contribution in [0.3, 0.4) is 0 Å². The number of nitrogens with zero attached hydrogens (tertiary/aromatic N) is 1. The summed E-state index contributed by atoms with van der Waals surface area (Å²) in [5.41, 5.74) is 0.130. The number of benzene rings is 1. The first-order valence-electron chi connectivity index (χ1n) is 9.63. The Labute approximate surface area is 157 Å². The molecule has 0 aliphatic rings. The minimum Gasteiger partial charge on any atom is -0.492 e. The highest BCUT2D eigenvalue weighted by Crippen LogP contribution is 2.26. The number of carbonyl (C=O) groups is 1. The maximum absolute atomic E-state index is 12.8. The Kier molecular flexibility index (Phi) is 9.75.